The van der Waals surface area contributed by atoms with Crippen molar-refractivity contribution in [3.05, 3.63) is 98.5 Å². The van der Waals surface area contributed by atoms with Gasteiger partial charge in [-0.25, -0.2) is 4.98 Å². The highest BCUT2D eigenvalue weighted by Crippen LogP contribution is 2.40. The lowest BCUT2D eigenvalue weighted by atomic mass is 9.85. The number of fused-ring (bicyclic) bond motifs is 3. The quantitative estimate of drug-likeness (QED) is 0.0806. The molecular weight excluding hydrogens is 869 g/mol. The average molecular weight is 925 g/mol. The maximum Gasteiger partial charge on any atom is 0.308 e. The summed E-state index contributed by atoms with van der Waals surface area (Å²) >= 11 is 3.21. The Morgan fingerprint density at radius 2 is 1.69 bits per heavy atom. The summed E-state index contributed by atoms with van der Waals surface area (Å²) in [5.41, 5.74) is 7.66. The Kier molecular flexibility index (Phi) is 14.6. The number of rotatable bonds is 16. The molecule has 344 valence electrons. The molecular formula is C47H56N8O8S2. The number of carbonyl (C=O) groups is 4. The lowest BCUT2D eigenvalue weighted by Crippen LogP contribution is -2.58. The Morgan fingerprint density at radius 1 is 0.969 bits per heavy atom. The van der Waals surface area contributed by atoms with E-state index in [1.54, 1.807) is 22.7 Å². The summed E-state index contributed by atoms with van der Waals surface area (Å²) in [6.45, 7) is 14.0. The van der Waals surface area contributed by atoms with Gasteiger partial charge in [0.15, 0.2) is 5.82 Å². The Bertz CT molecular complexity index is 2560. The van der Waals surface area contributed by atoms with Crippen LogP contribution in [0.4, 0.5) is 0 Å². The summed E-state index contributed by atoms with van der Waals surface area (Å²) < 4.78 is 18.7. The predicted molar refractivity (Wildman–Crippen MR) is 247 cm³/mol. The summed E-state index contributed by atoms with van der Waals surface area (Å²) in [5, 5.41) is 26.0. The van der Waals surface area contributed by atoms with Gasteiger partial charge in [-0.2, -0.15) is 0 Å². The third kappa shape index (κ3) is 10.7. The Hall–Kier alpha value is -5.82. The van der Waals surface area contributed by atoms with Gasteiger partial charge in [0.1, 0.15) is 41.3 Å². The molecule has 5 heterocycles. The van der Waals surface area contributed by atoms with E-state index in [0.717, 1.165) is 54.0 Å². The average Bonchev–Trinajstić information content (AvgIpc) is 4.05. The largest absolute Gasteiger partial charge is 0.494 e. The van der Waals surface area contributed by atoms with E-state index in [1.807, 2.05) is 93.2 Å². The minimum atomic E-state index is -0.973. The molecule has 3 N–H and O–H groups in total. The zero-order valence-corrected chi connectivity index (χ0v) is 39.6. The second kappa shape index (κ2) is 20.1. The van der Waals surface area contributed by atoms with Crippen LogP contribution in [0.1, 0.15) is 90.5 Å². The van der Waals surface area contributed by atoms with Gasteiger partial charge in [0.2, 0.25) is 17.7 Å². The summed E-state index contributed by atoms with van der Waals surface area (Å²) in [6, 6.07) is 13.0. The zero-order chi connectivity index (χ0) is 46.6. The van der Waals surface area contributed by atoms with Gasteiger partial charge in [-0.05, 0) is 74.1 Å². The molecule has 0 bridgehead atoms. The Balaban J connectivity index is 0.896. The molecule has 5 aromatic rings. The van der Waals surface area contributed by atoms with E-state index < -0.39 is 47.4 Å². The number of esters is 1. The van der Waals surface area contributed by atoms with Gasteiger partial charge in [0.05, 0.1) is 54.6 Å². The van der Waals surface area contributed by atoms with Gasteiger partial charge in [0, 0.05) is 41.9 Å². The lowest BCUT2D eigenvalue weighted by Gasteiger charge is -2.35. The lowest BCUT2D eigenvalue weighted by molar-refractivity contribution is -0.144. The van der Waals surface area contributed by atoms with Crippen LogP contribution in [-0.2, 0) is 35.2 Å². The van der Waals surface area contributed by atoms with Crippen LogP contribution in [0.3, 0.4) is 0 Å². The minimum absolute atomic E-state index is 0.0161. The van der Waals surface area contributed by atoms with Gasteiger partial charge < -0.3 is 34.9 Å². The monoisotopic (exact) mass is 924 g/mol. The summed E-state index contributed by atoms with van der Waals surface area (Å²) in [6.07, 6.45) is -0.276. The number of nitrogens with zero attached hydrogens (tertiary/aromatic N) is 6. The highest BCUT2D eigenvalue weighted by atomic mass is 32.1. The molecule has 0 saturated carbocycles. The molecule has 1 fully saturated rings. The van der Waals surface area contributed by atoms with Crippen LogP contribution in [0.15, 0.2) is 59.0 Å². The molecule has 1 unspecified atom stereocenters. The third-order valence-corrected chi connectivity index (χ3v) is 13.8. The molecule has 18 heteroatoms. The third-order valence-electron chi connectivity index (χ3n) is 11.6. The van der Waals surface area contributed by atoms with Crippen LogP contribution in [-0.4, -0.2) is 111 Å². The first-order chi connectivity index (χ1) is 31.0. The normalized spacial score (nSPS) is 17.4. The van der Waals surface area contributed by atoms with Crippen molar-refractivity contribution in [3.63, 3.8) is 0 Å². The second-order valence-corrected chi connectivity index (χ2v) is 19.5. The Labute approximate surface area is 386 Å². The van der Waals surface area contributed by atoms with E-state index in [1.165, 1.54) is 12.0 Å². The highest BCUT2D eigenvalue weighted by Gasteiger charge is 2.44. The predicted octanol–water partition coefficient (Wildman–Crippen LogP) is 5.74. The maximum atomic E-state index is 14.0. The van der Waals surface area contributed by atoms with Gasteiger partial charge in [-0.3, -0.25) is 28.7 Å². The van der Waals surface area contributed by atoms with Crippen molar-refractivity contribution in [2.24, 2.45) is 10.4 Å². The van der Waals surface area contributed by atoms with Gasteiger partial charge in [0.25, 0.3) is 0 Å². The van der Waals surface area contributed by atoms with E-state index in [2.05, 4.69) is 39.7 Å². The second-order valence-electron chi connectivity index (χ2n) is 17.4. The number of β-amino-alcohol motifs (C(OH)–C–C–N with tert-alkyl or cyclic N) is 1. The molecule has 3 amide bonds. The van der Waals surface area contributed by atoms with Gasteiger partial charge in [-0.15, -0.1) is 32.9 Å². The fraction of sp³-hybridized carbons (Fsp3) is 0.447. The molecule has 0 spiro atoms. The van der Waals surface area contributed by atoms with Crippen molar-refractivity contribution in [1.82, 2.24) is 35.3 Å². The number of aliphatic hydroxyl groups is 1. The molecule has 2 aliphatic heterocycles. The Morgan fingerprint density at radius 3 is 2.37 bits per heavy atom. The number of amides is 3. The number of likely N-dealkylation sites (tertiary alicyclic amines) is 1. The number of hydrogen-bond acceptors (Lipinski definition) is 14. The number of thiophene rings is 1. The van der Waals surface area contributed by atoms with E-state index in [-0.39, 0.29) is 45.1 Å². The van der Waals surface area contributed by atoms with Crippen LogP contribution >= 0.6 is 22.7 Å². The van der Waals surface area contributed by atoms with E-state index in [0.29, 0.717) is 30.4 Å². The van der Waals surface area contributed by atoms with Crippen LogP contribution in [0.2, 0.25) is 0 Å². The van der Waals surface area contributed by atoms with Crippen molar-refractivity contribution in [2.45, 2.75) is 98.5 Å². The van der Waals surface area contributed by atoms with Crippen LogP contribution in [0.5, 0.6) is 5.75 Å². The number of aliphatic hydroxyl groups excluding tert-OH is 1. The number of aromatic nitrogens is 4. The summed E-state index contributed by atoms with van der Waals surface area (Å²) in [5.74, 6) is 0.243. The first-order valence-corrected chi connectivity index (χ1v) is 23.3. The van der Waals surface area contributed by atoms with Crippen LogP contribution in [0, 0.1) is 33.1 Å². The molecule has 16 nitrogen and oxygen atoms in total. The zero-order valence-electron chi connectivity index (χ0n) is 38.0. The van der Waals surface area contributed by atoms with Crippen molar-refractivity contribution in [1.29, 1.82) is 0 Å². The van der Waals surface area contributed by atoms with Crippen LogP contribution in [0.25, 0.3) is 15.4 Å². The number of nitrogens with one attached hydrogen (secondary N) is 2. The van der Waals surface area contributed by atoms with Crippen LogP contribution < -0.4 is 15.4 Å². The first-order valence-electron chi connectivity index (χ1n) is 21.6. The molecule has 0 radical (unpaired) electrons. The first kappa shape index (κ1) is 47.2. The number of carbonyl (C=O) groups excluding carboxylic acids is 4. The molecule has 0 aliphatic carbocycles. The molecule has 4 atom stereocenters. The number of ether oxygens (including phenoxy) is 3. The molecule has 2 aliphatic rings. The molecule has 1 saturated heterocycles. The summed E-state index contributed by atoms with van der Waals surface area (Å²) in [7, 11) is 1.36. The van der Waals surface area contributed by atoms with Crippen molar-refractivity contribution in [2.75, 3.05) is 33.5 Å². The molecule has 7 rings (SSSR count). The number of thiazole rings is 1. The number of hydrogen-bond donors (Lipinski definition) is 3. The fourth-order valence-corrected chi connectivity index (χ4v) is 10.00. The van der Waals surface area contributed by atoms with E-state index >= 15 is 0 Å². The van der Waals surface area contributed by atoms with Crippen molar-refractivity contribution in [3.8, 4) is 21.2 Å². The van der Waals surface area contributed by atoms with E-state index in [4.69, 9.17) is 19.2 Å². The standard InChI is InChI=1S/C47H56N8O8S2/c1-26-28(3)65-46-39(26)40(50-35(21-38(58)61-8)43-53-52-29(4)55(43)46)31-14-16-34(17-15-31)63-19-9-18-62-24-37(57)51-42(47(5,6)7)45(60)54-23-33(56)20-36(54)44(59)48-22-30-10-12-32(13-11-30)41-27(2)49-25-64-41/h10-17,25,33,35-36,42,56H,9,18-24H2,1-8H3,(H,48,59)(H,51,57)/t33-,35+,36+,42?/m1/s1. The SMILES string of the molecule is COC(=O)C[C@@H]1N=C(c2ccc(OCCCOCC(=O)NC(C(=O)N3C[C@H](O)C[C@H]3C(=O)NCc3ccc(-c4scnc4C)cc3)C(C)(C)C)cc2)c2c(sc(C)c2C)-n2c(C)nnc21. The fourth-order valence-electron chi connectivity index (χ4n) is 7.97. The van der Waals surface area contributed by atoms with E-state index in [9.17, 15) is 24.3 Å². The topological polar surface area (TPSA) is 199 Å². The van der Waals surface area contributed by atoms with Crippen molar-refractivity contribution >= 4 is 52.1 Å². The number of aliphatic imine (C=N–C) groups is 1. The maximum absolute atomic E-state index is 14.0. The summed E-state index contributed by atoms with van der Waals surface area (Å²) in [4.78, 5) is 66.1. The molecule has 2 aromatic carbocycles. The highest BCUT2D eigenvalue weighted by molar-refractivity contribution is 7.15. The van der Waals surface area contributed by atoms with Crippen molar-refractivity contribution < 1.29 is 38.5 Å². The van der Waals surface area contributed by atoms with Gasteiger partial charge >= 0.3 is 5.97 Å². The minimum Gasteiger partial charge on any atom is -0.494 e. The molecule has 65 heavy (non-hydrogen) atoms. The van der Waals surface area contributed by atoms with Gasteiger partial charge in [-0.1, -0.05) is 45.0 Å². The number of aryl methyl sites for hydroxylation is 3. The number of benzene rings is 2. The number of methoxy groups -OCH3 is 1. The smallest absolute Gasteiger partial charge is 0.308 e. The molecule has 3 aromatic heterocycles.